The third-order valence-electron chi connectivity index (χ3n) is 2.87. The van der Waals surface area contributed by atoms with E-state index in [1.807, 2.05) is 30.8 Å². The molecule has 3 heteroatoms. The van der Waals surface area contributed by atoms with Crippen LogP contribution in [0.25, 0.3) is 0 Å². The second-order valence-corrected chi connectivity index (χ2v) is 6.98. The predicted octanol–water partition coefficient (Wildman–Crippen LogP) is 4.55. The van der Waals surface area contributed by atoms with Crippen molar-refractivity contribution in [2.45, 2.75) is 39.9 Å². The van der Waals surface area contributed by atoms with E-state index in [2.05, 4.69) is 27.7 Å². The summed E-state index contributed by atoms with van der Waals surface area (Å²) in [7, 11) is 1.66. The molecule has 0 spiro atoms. The number of hydrogen-bond acceptors (Lipinski definition) is 3. The minimum absolute atomic E-state index is 0.0701. The summed E-state index contributed by atoms with van der Waals surface area (Å²) in [4.78, 5) is 0. The second kappa shape index (κ2) is 5.87. The van der Waals surface area contributed by atoms with Gasteiger partial charge in [0.2, 0.25) is 0 Å². The SMILES string of the molecule is CCSC(c1c(O)cc(C)cc1OC)C(C)(C)C. The van der Waals surface area contributed by atoms with E-state index in [9.17, 15) is 5.11 Å². The first-order valence-electron chi connectivity index (χ1n) is 6.30. The third-order valence-corrected chi connectivity index (χ3v) is 4.48. The molecule has 0 aliphatic carbocycles. The minimum Gasteiger partial charge on any atom is -0.507 e. The zero-order chi connectivity index (χ0) is 13.9. The van der Waals surface area contributed by atoms with E-state index >= 15 is 0 Å². The Labute approximate surface area is 115 Å². The van der Waals surface area contributed by atoms with Gasteiger partial charge in [0, 0.05) is 10.8 Å². The molecule has 1 N–H and O–H groups in total. The number of ether oxygens (including phenoxy) is 1. The lowest BCUT2D eigenvalue weighted by Crippen LogP contribution is -2.17. The molecule has 1 aromatic rings. The molecular weight excluding hydrogens is 244 g/mol. The van der Waals surface area contributed by atoms with E-state index in [1.54, 1.807) is 7.11 Å². The second-order valence-electron chi connectivity index (χ2n) is 5.60. The van der Waals surface area contributed by atoms with Gasteiger partial charge in [-0.15, -0.1) is 0 Å². The van der Waals surface area contributed by atoms with Gasteiger partial charge in [-0.3, -0.25) is 0 Å². The van der Waals surface area contributed by atoms with E-state index < -0.39 is 0 Å². The van der Waals surface area contributed by atoms with Crippen molar-refractivity contribution in [1.82, 2.24) is 0 Å². The summed E-state index contributed by atoms with van der Waals surface area (Å²) in [6.45, 7) is 10.7. The van der Waals surface area contributed by atoms with E-state index in [0.29, 0.717) is 5.75 Å². The maximum Gasteiger partial charge on any atom is 0.127 e. The maximum atomic E-state index is 10.3. The molecule has 0 heterocycles. The largest absolute Gasteiger partial charge is 0.507 e. The number of aromatic hydroxyl groups is 1. The van der Waals surface area contributed by atoms with Gasteiger partial charge in [-0.05, 0) is 35.8 Å². The van der Waals surface area contributed by atoms with Crippen LogP contribution in [-0.2, 0) is 0 Å². The van der Waals surface area contributed by atoms with Crippen LogP contribution in [0.1, 0.15) is 44.1 Å². The van der Waals surface area contributed by atoms with Gasteiger partial charge in [-0.2, -0.15) is 11.8 Å². The molecule has 2 nitrogen and oxygen atoms in total. The number of methoxy groups -OCH3 is 1. The van der Waals surface area contributed by atoms with Crippen molar-refractivity contribution in [3.63, 3.8) is 0 Å². The summed E-state index contributed by atoms with van der Waals surface area (Å²) < 4.78 is 5.46. The number of benzene rings is 1. The van der Waals surface area contributed by atoms with Gasteiger partial charge >= 0.3 is 0 Å². The van der Waals surface area contributed by atoms with Crippen LogP contribution in [0.15, 0.2) is 12.1 Å². The fourth-order valence-corrected chi connectivity index (χ4v) is 3.35. The van der Waals surface area contributed by atoms with Gasteiger partial charge < -0.3 is 9.84 Å². The van der Waals surface area contributed by atoms with E-state index in [-0.39, 0.29) is 10.7 Å². The monoisotopic (exact) mass is 268 g/mol. The Morgan fingerprint density at radius 2 is 1.94 bits per heavy atom. The van der Waals surface area contributed by atoms with Gasteiger partial charge in [-0.1, -0.05) is 27.7 Å². The maximum absolute atomic E-state index is 10.3. The first-order chi connectivity index (χ1) is 8.31. The number of aryl methyl sites for hydroxylation is 1. The van der Waals surface area contributed by atoms with Crippen LogP contribution in [0.4, 0.5) is 0 Å². The molecule has 1 atom stereocenters. The zero-order valence-corrected chi connectivity index (χ0v) is 13.0. The van der Waals surface area contributed by atoms with Crippen LogP contribution < -0.4 is 4.74 Å². The fourth-order valence-electron chi connectivity index (χ4n) is 2.11. The van der Waals surface area contributed by atoms with Crippen LogP contribution in [0.2, 0.25) is 0 Å². The number of rotatable bonds is 4. The van der Waals surface area contributed by atoms with E-state index in [1.165, 1.54) is 0 Å². The highest BCUT2D eigenvalue weighted by molar-refractivity contribution is 7.99. The van der Waals surface area contributed by atoms with Crippen LogP contribution in [0, 0.1) is 12.3 Å². The molecule has 0 saturated heterocycles. The molecule has 0 aromatic heterocycles. The molecule has 0 fully saturated rings. The summed E-state index contributed by atoms with van der Waals surface area (Å²) in [6, 6.07) is 3.80. The van der Waals surface area contributed by atoms with Crippen LogP contribution in [-0.4, -0.2) is 18.0 Å². The van der Waals surface area contributed by atoms with Crippen molar-refractivity contribution >= 4 is 11.8 Å². The molecule has 1 rings (SSSR count). The average Bonchev–Trinajstić information content (AvgIpc) is 2.24. The molecule has 0 aliphatic rings. The Kier molecular flexibility index (Phi) is 4.97. The average molecular weight is 268 g/mol. The van der Waals surface area contributed by atoms with E-state index in [4.69, 9.17) is 4.74 Å². The Morgan fingerprint density at radius 1 is 1.33 bits per heavy atom. The molecular formula is C15H24O2S. The summed E-state index contributed by atoms with van der Waals surface area (Å²) in [5.74, 6) is 2.14. The highest BCUT2D eigenvalue weighted by Crippen LogP contribution is 2.50. The Morgan fingerprint density at radius 3 is 2.39 bits per heavy atom. The van der Waals surface area contributed by atoms with Gasteiger partial charge in [0.15, 0.2) is 0 Å². The van der Waals surface area contributed by atoms with Crippen molar-refractivity contribution in [3.8, 4) is 11.5 Å². The standard InChI is InChI=1S/C15H24O2S/c1-7-18-14(15(3,4)5)13-11(16)8-10(2)9-12(13)17-6/h8-9,14,16H,7H2,1-6H3. The third kappa shape index (κ3) is 3.35. The summed E-state index contributed by atoms with van der Waals surface area (Å²) >= 11 is 1.85. The predicted molar refractivity (Wildman–Crippen MR) is 79.7 cm³/mol. The van der Waals surface area contributed by atoms with Crippen molar-refractivity contribution in [2.24, 2.45) is 5.41 Å². The molecule has 0 amide bonds. The Hall–Kier alpha value is -0.830. The lowest BCUT2D eigenvalue weighted by atomic mass is 9.86. The molecule has 0 bridgehead atoms. The number of thioether (sulfide) groups is 1. The normalized spacial score (nSPS) is 13.4. The molecule has 0 radical (unpaired) electrons. The summed E-state index contributed by atoms with van der Waals surface area (Å²) in [5.41, 5.74) is 2.01. The number of phenols is 1. The van der Waals surface area contributed by atoms with Gasteiger partial charge in [0.25, 0.3) is 0 Å². The highest BCUT2D eigenvalue weighted by Gasteiger charge is 2.31. The van der Waals surface area contributed by atoms with Crippen molar-refractivity contribution < 1.29 is 9.84 Å². The molecule has 102 valence electrons. The smallest absolute Gasteiger partial charge is 0.127 e. The highest BCUT2D eigenvalue weighted by atomic mass is 32.2. The van der Waals surface area contributed by atoms with E-state index in [0.717, 1.165) is 22.6 Å². The quantitative estimate of drug-likeness (QED) is 0.868. The summed E-state index contributed by atoms with van der Waals surface area (Å²) in [5, 5.41) is 10.5. The van der Waals surface area contributed by atoms with Crippen molar-refractivity contribution in [2.75, 3.05) is 12.9 Å². The van der Waals surface area contributed by atoms with Crippen LogP contribution >= 0.6 is 11.8 Å². The minimum atomic E-state index is 0.0701. The molecule has 1 aromatic carbocycles. The van der Waals surface area contributed by atoms with Gasteiger partial charge in [0.1, 0.15) is 11.5 Å². The zero-order valence-electron chi connectivity index (χ0n) is 12.2. The van der Waals surface area contributed by atoms with Crippen LogP contribution in [0.5, 0.6) is 11.5 Å². The summed E-state index contributed by atoms with van der Waals surface area (Å²) in [6.07, 6.45) is 0. The van der Waals surface area contributed by atoms with Crippen LogP contribution in [0.3, 0.4) is 0 Å². The molecule has 0 saturated carbocycles. The lowest BCUT2D eigenvalue weighted by Gasteiger charge is -2.32. The Bertz CT molecular complexity index is 408. The molecule has 0 aliphatic heterocycles. The first kappa shape index (κ1) is 15.2. The Balaban J connectivity index is 3.35. The molecule has 1 unspecified atom stereocenters. The number of hydrogen-bond donors (Lipinski definition) is 1. The topological polar surface area (TPSA) is 29.5 Å². The number of phenolic OH excluding ortho intramolecular Hbond substituents is 1. The first-order valence-corrected chi connectivity index (χ1v) is 7.35. The van der Waals surface area contributed by atoms with Crippen molar-refractivity contribution in [1.29, 1.82) is 0 Å². The van der Waals surface area contributed by atoms with Crippen molar-refractivity contribution in [3.05, 3.63) is 23.3 Å². The van der Waals surface area contributed by atoms with Gasteiger partial charge in [0.05, 0.1) is 7.11 Å². The fraction of sp³-hybridized carbons (Fsp3) is 0.600. The van der Waals surface area contributed by atoms with Gasteiger partial charge in [-0.25, -0.2) is 0 Å². The lowest BCUT2D eigenvalue weighted by molar-refractivity contribution is 0.359. The molecule has 18 heavy (non-hydrogen) atoms.